The number of rotatable bonds is 8. The summed E-state index contributed by atoms with van der Waals surface area (Å²) in [5.74, 6) is 0.759. The summed E-state index contributed by atoms with van der Waals surface area (Å²) in [6.07, 6.45) is 4.43. The third kappa shape index (κ3) is 5.04. The molecule has 0 atom stereocenters. The molecule has 0 aliphatic carbocycles. The van der Waals surface area contributed by atoms with Crippen molar-refractivity contribution in [3.63, 3.8) is 0 Å². The molecule has 0 aliphatic rings. The minimum Gasteiger partial charge on any atom is -0.379 e. The Morgan fingerprint density at radius 1 is 1.12 bits per heavy atom. The van der Waals surface area contributed by atoms with Crippen LogP contribution in [-0.4, -0.2) is 36.8 Å². The number of ether oxygens (including phenoxy) is 2. The molecule has 1 aromatic rings. The second-order valence-corrected chi connectivity index (χ2v) is 3.31. The van der Waals surface area contributed by atoms with E-state index in [2.05, 4.69) is 22.2 Å². The molecule has 0 aromatic carbocycles. The summed E-state index contributed by atoms with van der Waals surface area (Å²) in [4.78, 5) is 8.33. The molecule has 0 aliphatic heterocycles. The van der Waals surface area contributed by atoms with Crippen LogP contribution in [0.4, 0.5) is 5.82 Å². The predicted molar refractivity (Wildman–Crippen MR) is 62.3 cm³/mol. The van der Waals surface area contributed by atoms with Gasteiger partial charge in [0.1, 0.15) is 5.82 Å². The number of hydrogen-bond acceptors (Lipinski definition) is 5. The molecule has 0 bridgehead atoms. The van der Waals surface area contributed by atoms with E-state index in [9.17, 15) is 0 Å². The summed E-state index contributed by atoms with van der Waals surface area (Å²) < 4.78 is 10.7. The zero-order valence-electron chi connectivity index (χ0n) is 9.90. The molecule has 1 rings (SSSR count). The lowest BCUT2D eigenvalue weighted by molar-refractivity contribution is 0.0396. The molecule has 5 nitrogen and oxygen atoms in total. The first-order valence-corrected chi connectivity index (χ1v) is 5.51. The molecule has 0 spiro atoms. The summed E-state index contributed by atoms with van der Waals surface area (Å²) in [6, 6.07) is 0. The Morgan fingerprint density at radius 3 is 2.56 bits per heavy atom. The summed E-state index contributed by atoms with van der Waals surface area (Å²) in [6.45, 7) is 4.58. The molecule has 0 amide bonds. The SMILES string of the molecule is CCCOCCOCc1cnc(NC)cn1. The fraction of sp³-hybridized carbons (Fsp3) is 0.636. The Hall–Kier alpha value is -1.20. The van der Waals surface area contributed by atoms with Crippen molar-refractivity contribution in [2.45, 2.75) is 20.0 Å². The Morgan fingerprint density at radius 2 is 1.94 bits per heavy atom. The van der Waals surface area contributed by atoms with E-state index in [-0.39, 0.29) is 0 Å². The van der Waals surface area contributed by atoms with E-state index in [0.29, 0.717) is 19.8 Å². The number of anilines is 1. The molecule has 5 heteroatoms. The van der Waals surface area contributed by atoms with Crippen molar-refractivity contribution < 1.29 is 9.47 Å². The third-order valence-corrected chi connectivity index (χ3v) is 1.93. The topological polar surface area (TPSA) is 56.3 Å². The van der Waals surface area contributed by atoms with Gasteiger partial charge >= 0.3 is 0 Å². The van der Waals surface area contributed by atoms with Gasteiger partial charge in [-0.2, -0.15) is 0 Å². The van der Waals surface area contributed by atoms with E-state index in [1.165, 1.54) is 0 Å². The van der Waals surface area contributed by atoms with Gasteiger partial charge in [-0.15, -0.1) is 0 Å². The molecular formula is C11H19N3O2. The monoisotopic (exact) mass is 225 g/mol. The molecule has 0 fully saturated rings. The highest BCUT2D eigenvalue weighted by Crippen LogP contribution is 2.00. The number of nitrogens with zero attached hydrogens (tertiary/aromatic N) is 2. The lowest BCUT2D eigenvalue weighted by Crippen LogP contribution is -2.06. The zero-order chi connectivity index (χ0) is 11.6. The van der Waals surface area contributed by atoms with E-state index in [4.69, 9.17) is 9.47 Å². The van der Waals surface area contributed by atoms with Crippen molar-refractivity contribution in [1.82, 2.24) is 9.97 Å². The Balaban J connectivity index is 2.12. The zero-order valence-corrected chi connectivity index (χ0v) is 9.90. The van der Waals surface area contributed by atoms with Crippen molar-refractivity contribution in [2.24, 2.45) is 0 Å². The van der Waals surface area contributed by atoms with Crippen LogP contribution >= 0.6 is 0 Å². The van der Waals surface area contributed by atoms with Crippen molar-refractivity contribution in [3.05, 3.63) is 18.1 Å². The van der Waals surface area contributed by atoms with E-state index in [1.807, 2.05) is 7.05 Å². The van der Waals surface area contributed by atoms with Gasteiger partial charge in [0.2, 0.25) is 0 Å². The lowest BCUT2D eigenvalue weighted by Gasteiger charge is -2.05. The average Bonchev–Trinajstić information content (AvgIpc) is 2.34. The quantitative estimate of drug-likeness (QED) is 0.679. The molecule has 1 N–H and O–H groups in total. The number of nitrogens with one attached hydrogen (secondary N) is 1. The van der Waals surface area contributed by atoms with Crippen LogP contribution < -0.4 is 5.32 Å². The van der Waals surface area contributed by atoms with Gasteiger partial charge in [0.25, 0.3) is 0 Å². The van der Waals surface area contributed by atoms with Crippen LogP contribution in [-0.2, 0) is 16.1 Å². The van der Waals surface area contributed by atoms with E-state index < -0.39 is 0 Å². The van der Waals surface area contributed by atoms with Crippen molar-refractivity contribution in [1.29, 1.82) is 0 Å². The van der Waals surface area contributed by atoms with E-state index in [0.717, 1.165) is 24.5 Å². The smallest absolute Gasteiger partial charge is 0.144 e. The standard InChI is InChI=1S/C11H19N3O2/c1-3-4-15-5-6-16-9-10-7-14-11(12-2)8-13-10/h7-8H,3-6,9H2,1-2H3,(H,12,14). The number of aromatic nitrogens is 2. The summed E-state index contributed by atoms with van der Waals surface area (Å²) >= 11 is 0. The molecule has 1 aromatic heterocycles. The van der Waals surface area contributed by atoms with Crippen LogP contribution in [0.1, 0.15) is 19.0 Å². The van der Waals surface area contributed by atoms with E-state index in [1.54, 1.807) is 12.4 Å². The lowest BCUT2D eigenvalue weighted by atomic mass is 10.5. The van der Waals surface area contributed by atoms with Gasteiger partial charge in [0.15, 0.2) is 0 Å². The van der Waals surface area contributed by atoms with Gasteiger partial charge in [-0.25, -0.2) is 4.98 Å². The van der Waals surface area contributed by atoms with Gasteiger partial charge in [-0.3, -0.25) is 4.98 Å². The van der Waals surface area contributed by atoms with Gasteiger partial charge < -0.3 is 14.8 Å². The molecule has 0 saturated heterocycles. The molecule has 1 heterocycles. The Kier molecular flexibility index (Phi) is 6.44. The first kappa shape index (κ1) is 12.9. The van der Waals surface area contributed by atoms with Crippen molar-refractivity contribution in [2.75, 3.05) is 32.2 Å². The first-order chi connectivity index (χ1) is 7.86. The van der Waals surface area contributed by atoms with Crippen molar-refractivity contribution in [3.8, 4) is 0 Å². The fourth-order valence-corrected chi connectivity index (χ4v) is 1.10. The minimum atomic E-state index is 0.479. The average molecular weight is 225 g/mol. The van der Waals surface area contributed by atoms with E-state index >= 15 is 0 Å². The molecule has 0 unspecified atom stereocenters. The second-order valence-electron chi connectivity index (χ2n) is 3.31. The second kappa shape index (κ2) is 8.01. The molecule has 0 saturated carbocycles. The highest BCUT2D eigenvalue weighted by atomic mass is 16.5. The number of hydrogen-bond donors (Lipinski definition) is 1. The fourth-order valence-electron chi connectivity index (χ4n) is 1.10. The van der Waals surface area contributed by atoms with Crippen LogP contribution in [0.5, 0.6) is 0 Å². The van der Waals surface area contributed by atoms with Gasteiger partial charge in [-0.1, -0.05) is 6.92 Å². The van der Waals surface area contributed by atoms with Crippen molar-refractivity contribution >= 4 is 5.82 Å². The van der Waals surface area contributed by atoms with Gasteiger partial charge in [-0.05, 0) is 6.42 Å². The maximum atomic E-state index is 5.39. The molecule has 16 heavy (non-hydrogen) atoms. The Labute approximate surface area is 96.2 Å². The van der Waals surface area contributed by atoms with Crippen LogP contribution in [0.2, 0.25) is 0 Å². The van der Waals surface area contributed by atoms with Gasteiger partial charge in [0, 0.05) is 13.7 Å². The summed E-state index contributed by atoms with van der Waals surface area (Å²) in [5, 5.41) is 2.91. The minimum absolute atomic E-state index is 0.479. The van der Waals surface area contributed by atoms with Crippen LogP contribution in [0.3, 0.4) is 0 Å². The summed E-state index contributed by atoms with van der Waals surface area (Å²) in [7, 11) is 1.81. The third-order valence-electron chi connectivity index (χ3n) is 1.93. The van der Waals surface area contributed by atoms with Crippen LogP contribution in [0.25, 0.3) is 0 Å². The highest BCUT2D eigenvalue weighted by molar-refractivity contribution is 5.29. The summed E-state index contributed by atoms with van der Waals surface area (Å²) in [5.41, 5.74) is 0.828. The maximum Gasteiger partial charge on any atom is 0.144 e. The molecule has 90 valence electrons. The first-order valence-electron chi connectivity index (χ1n) is 5.51. The normalized spacial score (nSPS) is 10.4. The maximum absolute atomic E-state index is 5.39. The van der Waals surface area contributed by atoms with Crippen LogP contribution in [0.15, 0.2) is 12.4 Å². The molecule has 0 radical (unpaired) electrons. The predicted octanol–water partition coefficient (Wildman–Crippen LogP) is 1.46. The largest absolute Gasteiger partial charge is 0.379 e. The molecular weight excluding hydrogens is 206 g/mol. The van der Waals surface area contributed by atoms with Crippen LogP contribution in [0, 0.1) is 0 Å². The van der Waals surface area contributed by atoms with Gasteiger partial charge in [0.05, 0.1) is 37.9 Å². The Bertz CT molecular complexity index is 277. The highest BCUT2D eigenvalue weighted by Gasteiger charge is 1.96.